The summed E-state index contributed by atoms with van der Waals surface area (Å²) < 4.78 is 6.61. The molecule has 130 valence electrons. The number of aromatic amines is 1. The Balaban J connectivity index is 1.46. The van der Waals surface area contributed by atoms with E-state index in [0.717, 1.165) is 21.8 Å². The lowest BCUT2D eigenvalue weighted by atomic mass is 10.0. The number of fused-ring (bicyclic) bond motifs is 3. The molecular formula is C20H16BrN3O2. The summed E-state index contributed by atoms with van der Waals surface area (Å²) >= 11 is 3.58. The minimum atomic E-state index is -0.0376. The van der Waals surface area contributed by atoms with E-state index in [-0.39, 0.29) is 12.5 Å². The molecular weight excluding hydrogens is 394 g/mol. The minimum absolute atomic E-state index is 0.00666. The number of rotatable bonds is 3. The number of nitrogens with one attached hydrogen (secondary N) is 1. The van der Waals surface area contributed by atoms with Gasteiger partial charge in [-0.15, -0.1) is 0 Å². The van der Waals surface area contributed by atoms with E-state index in [1.807, 2.05) is 17.0 Å². The van der Waals surface area contributed by atoms with Crippen LogP contribution in [0, 0.1) is 11.3 Å². The Morgan fingerprint density at radius 2 is 2.08 bits per heavy atom. The Morgan fingerprint density at radius 3 is 2.85 bits per heavy atom. The van der Waals surface area contributed by atoms with Crippen LogP contribution in [0.4, 0.5) is 0 Å². The highest BCUT2D eigenvalue weighted by atomic mass is 79.9. The fraction of sp³-hybridized carbons (Fsp3) is 0.200. The highest BCUT2D eigenvalue weighted by molar-refractivity contribution is 9.10. The Morgan fingerprint density at radius 1 is 1.27 bits per heavy atom. The number of nitrogens with zero attached hydrogens (tertiary/aromatic N) is 2. The molecule has 1 aliphatic heterocycles. The van der Waals surface area contributed by atoms with Crippen molar-refractivity contribution in [3.8, 4) is 11.8 Å². The van der Waals surface area contributed by atoms with Crippen LogP contribution in [-0.4, -0.2) is 28.9 Å². The van der Waals surface area contributed by atoms with Crippen LogP contribution in [-0.2, 0) is 17.8 Å². The summed E-state index contributed by atoms with van der Waals surface area (Å²) in [5, 5.41) is 9.97. The maximum atomic E-state index is 12.6. The van der Waals surface area contributed by atoms with Crippen LogP contribution < -0.4 is 4.74 Å². The number of para-hydroxylation sites is 1. The van der Waals surface area contributed by atoms with E-state index in [2.05, 4.69) is 33.0 Å². The number of nitriles is 1. The van der Waals surface area contributed by atoms with Crippen LogP contribution in [0.15, 0.2) is 46.9 Å². The van der Waals surface area contributed by atoms with Gasteiger partial charge in [0.05, 0.1) is 17.1 Å². The SMILES string of the molecule is N#Cc1ccc(OCC(=O)N2CCc3[nH]c4c(Br)cccc4c3C2)cc1. The standard InChI is InChI=1S/C20H16BrN3O2/c21-17-3-1-2-15-16-11-24(9-8-18(16)23-20(15)17)19(25)12-26-14-6-4-13(10-22)5-7-14/h1-7,23H,8-9,11-12H2. The number of amides is 1. The molecule has 3 aromatic rings. The Kier molecular flexibility index (Phi) is 4.39. The molecule has 2 aromatic carbocycles. The third-order valence-corrected chi connectivity index (χ3v) is 5.32. The first-order valence-corrected chi connectivity index (χ1v) is 9.13. The summed E-state index contributed by atoms with van der Waals surface area (Å²) in [6, 6.07) is 14.9. The van der Waals surface area contributed by atoms with Gasteiger partial charge >= 0.3 is 0 Å². The van der Waals surface area contributed by atoms with Gasteiger partial charge in [0.1, 0.15) is 5.75 Å². The molecule has 26 heavy (non-hydrogen) atoms. The van der Waals surface area contributed by atoms with Crippen LogP contribution in [0.5, 0.6) is 5.75 Å². The third-order valence-electron chi connectivity index (χ3n) is 4.66. The summed E-state index contributed by atoms with van der Waals surface area (Å²) in [6.07, 6.45) is 0.805. The number of H-pyrrole nitrogens is 1. The zero-order valence-electron chi connectivity index (χ0n) is 14.0. The van der Waals surface area contributed by atoms with Crippen molar-refractivity contribution in [2.24, 2.45) is 0 Å². The maximum absolute atomic E-state index is 12.6. The number of ether oxygens (including phenoxy) is 1. The van der Waals surface area contributed by atoms with Crippen molar-refractivity contribution in [1.29, 1.82) is 5.26 Å². The fourth-order valence-corrected chi connectivity index (χ4v) is 3.74. The molecule has 1 amide bonds. The van der Waals surface area contributed by atoms with Crippen LogP contribution in [0.1, 0.15) is 16.8 Å². The number of halogens is 1. The van der Waals surface area contributed by atoms with Crippen molar-refractivity contribution < 1.29 is 9.53 Å². The molecule has 0 atom stereocenters. The van der Waals surface area contributed by atoms with Gasteiger partial charge in [0.25, 0.3) is 5.91 Å². The van der Waals surface area contributed by atoms with Crippen molar-refractivity contribution in [3.05, 3.63) is 63.8 Å². The van der Waals surface area contributed by atoms with Gasteiger partial charge < -0.3 is 14.6 Å². The zero-order chi connectivity index (χ0) is 18.1. The second-order valence-electron chi connectivity index (χ2n) is 6.23. The van der Waals surface area contributed by atoms with E-state index in [0.29, 0.717) is 24.4 Å². The van der Waals surface area contributed by atoms with Gasteiger partial charge in [0.15, 0.2) is 6.61 Å². The van der Waals surface area contributed by atoms with E-state index < -0.39 is 0 Å². The van der Waals surface area contributed by atoms with E-state index >= 15 is 0 Å². The fourth-order valence-electron chi connectivity index (χ4n) is 3.28. The molecule has 0 unspecified atom stereocenters. The topological polar surface area (TPSA) is 69.1 Å². The predicted molar refractivity (Wildman–Crippen MR) is 102 cm³/mol. The van der Waals surface area contributed by atoms with E-state index in [4.69, 9.17) is 10.00 Å². The van der Waals surface area contributed by atoms with Gasteiger partial charge in [-0.2, -0.15) is 5.26 Å². The number of benzene rings is 2. The highest BCUT2D eigenvalue weighted by Crippen LogP contribution is 2.31. The van der Waals surface area contributed by atoms with Gasteiger partial charge in [0.2, 0.25) is 0 Å². The van der Waals surface area contributed by atoms with Crippen molar-refractivity contribution in [1.82, 2.24) is 9.88 Å². The average Bonchev–Trinajstić information content (AvgIpc) is 3.06. The van der Waals surface area contributed by atoms with Gasteiger partial charge in [0, 0.05) is 40.6 Å². The number of aromatic nitrogens is 1. The highest BCUT2D eigenvalue weighted by Gasteiger charge is 2.24. The number of carbonyl (C=O) groups excluding carboxylic acids is 1. The first-order valence-electron chi connectivity index (χ1n) is 8.34. The summed E-state index contributed by atoms with van der Waals surface area (Å²) in [7, 11) is 0. The maximum Gasteiger partial charge on any atom is 0.260 e. The van der Waals surface area contributed by atoms with E-state index in [1.165, 1.54) is 11.3 Å². The first kappa shape index (κ1) is 16.7. The Hall–Kier alpha value is -2.78. The van der Waals surface area contributed by atoms with Crippen LogP contribution >= 0.6 is 15.9 Å². The Labute approximate surface area is 159 Å². The number of hydrogen-bond acceptors (Lipinski definition) is 3. The molecule has 5 nitrogen and oxygen atoms in total. The largest absolute Gasteiger partial charge is 0.484 e. The molecule has 6 heteroatoms. The van der Waals surface area contributed by atoms with Crippen molar-refractivity contribution in [2.75, 3.05) is 13.2 Å². The molecule has 0 saturated heterocycles. The normalized spacial score (nSPS) is 13.3. The molecule has 4 rings (SSSR count). The molecule has 0 aliphatic carbocycles. The summed E-state index contributed by atoms with van der Waals surface area (Å²) in [6.45, 7) is 1.25. The molecule has 0 radical (unpaired) electrons. The lowest BCUT2D eigenvalue weighted by Gasteiger charge is -2.27. The molecule has 1 N–H and O–H groups in total. The van der Waals surface area contributed by atoms with Crippen molar-refractivity contribution in [2.45, 2.75) is 13.0 Å². The van der Waals surface area contributed by atoms with Gasteiger partial charge in [-0.25, -0.2) is 0 Å². The molecule has 1 aromatic heterocycles. The van der Waals surface area contributed by atoms with Gasteiger partial charge in [-0.1, -0.05) is 12.1 Å². The lowest BCUT2D eigenvalue weighted by molar-refractivity contribution is -0.134. The summed E-state index contributed by atoms with van der Waals surface area (Å²) in [4.78, 5) is 17.9. The van der Waals surface area contributed by atoms with Crippen molar-refractivity contribution in [3.63, 3.8) is 0 Å². The molecule has 1 aliphatic rings. The lowest BCUT2D eigenvalue weighted by Crippen LogP contribution is -2.38. The smallest absolute Gasteiger partial charge is 0.260 e. The van der Waals surface area contributed by atoms with E-state index in [1.54, 1.807) is 24.3 Å². The Bertz CT molecular complexity index is 1020. The van der Waals surface area contributed by atoms with Gasteiger partial charge in [-0.05, 0) is 46.3 Å². The number of hydrogen-bond donors (Lipinski definition) is 1. The monoisotopic (exact) mass is 409 g/mol. The van der Waals surface area contributed by atoms with Crippen LogP contribution in [0.2, 0.25) is 0 Å². The van der Waals surface area contributed by atoms with Crippen molar-refractivity contribution >= 4 is 32.7 Å². The summed E-state index contributed by atoms with van der Waals surface area (Å²) in [5.41, 5.74) is 4.03. The zero-order valence-corrected chi connectivity index (χ0v) is 15.5. The van der Waals surface area contributed by atoms with Crippen LogP contribution in [0.3, 0.4) is 0 Å². The molecule has 0 spiro atoms. The minimum Gasteiger partial charge on any atom is -0.484 e. The molecule has 0 bridgehead atoms. The first-order chi connectivity index (χ1) is 12.7. The second-order valence-corrected chi connectivity index (χ2v) is 7.09. The predicted octanol–water partition coefficient (Wildman–Crippen LogP) is 3.77. The molecule has 0 fully saturated rings. The average molecular weight is 410 g/mol. The second kappa shape index (κ2) is 6.85. The number of carbonyl (C=O) groups is 1. The van der Waals surface area contributed by atoms with E-state index in [9.17, 15) is 4.79 Å². The third kappa shape index (κ3) is 3.06. The summed E-state index contributed by atoms with van der Waals surface area (Å²) in [5.74, 6) is 0.551. The van der Waals surface area contributed by atoms with Gasteiger partial charge in [-0.3, -0.25) is 4.79 Å². The molecule has 0 saturated carbocycles. The quantitative estimate of drug-likeness (QED) is 0.715. The van der Waals surface area contributed by atoms with Crippen LogP contribution in [0.25, 0.3) is 10.9 Å². The molecule has 2 heterocycles.